The van der Waals surface area contributed by atoms with Crippen molar-refractivity contribution in [1.29, 1.82) is 0 Å². The van der Waals surface area contributed by atoms with E-state index in [1.165, 1.54) is 12.8 Å². The Morgan fingerprint density at radius 3 is 2.75 bits per heavy atom. The summed E-state index contributed by atoms with van der Waals surface area (Å²) in [6.45, 7) is 3.79. The lowest BCUT2D eigenvalue weighted by Crippen LogP contribution is -2.30. The summed E-state index contributed by atoms with van der Waals surface area (Å²) in [5, 5.41) is 3.48. The molecule has 0 bridgehead atoms. The van der Waals surface area contributed by atoms with E-state index < -0.39 is 9.84 Å². The van der Waals surface area contributed by atoms with Crippen LogP contribution in [0, 0.1) is 0 Å². The van der Waals surface area contributed by atoms with Crippen molar-refractivity contribution in [3.8, 4) is 0 Å². The summed E-state index contributed by atoms with van der Waals surface area (Å²) < 4.78 is 22.8. The van der Waals surface area contributed by atoms with Gasteiger partial charge in [0.1, 0.15) is 0 Å². The van der Waals surface area contributed by atoms with Crippen molar-refractivity contribution in [1.82, 2.24) is 10.2 Å². The molecule has 5 heteroatoms. The normalized spacial score (nSPS) is 26.5. The van der Waals surface area contributed by atoms with Crippen LogP contribution >= 0.6 is 0 Å². The average molecular weight is 246 g/mol. The molecule has 0 radical (unpaired) electrons. The van der Waals surface area contributed by atoms with Gasteiger partial charge in [0.25, 0.3) is 0 Å². The van der Waals surface area contributed by atoms with Gasteiger partial charge in [0.05, 0.1) is 11.5 Å². The Bertz CT molecular complexity index is 312. The van der Waals surface area contributed by atoms with Crippen molar-refractivity contribution >= 4 is 9.84 Å². The van der Waals surface area contributed by atoms with E-state index in [9.17, 15) is 8.42 Å². The SMILES string of the molecule is O=S1(=O)CCCN(CCCNC2CC2)CC1. The van der Waals surface area contributed by atoms with Crippen LogP contribution in [0.3, 0.4) is 0 Å². The predicted octanol–water partition coefficient (Wildman–Crippen LogP) is 0.249. The van der Waals surface area contributed by atoms with Crippen LogP contribution in [-0.4, -0.2) is 57.0 Å². The fourth-order valence-corrected chi connectivity index (χ4v) is 3.42. The first-order chi connectivity index (χ1) is 7.66. The summed E-state index contributed by atoms with van der Waals surface area (Å²) in [6, 6.07) is 0.782. The maximum atomic E-state index is 11.4. The van der Waals surface area contributed by atoms with Gasteiger partial charge in [-0.15, -0.1) is 0 Å². The van der Waals surface area contributed by atoms with Gasteiger partial charge in [-0.1, -0.05) is 0 Å². The molecular formula is C11H22N2O2S. The maximum Gasteiger partial charge on any atom is 0.151 e. The molecular weight excluding hydrogens is 224 g/mol. The Morgan fingerprint density at radius 1 is 1.19 bits per heavy atom. The minimum Gasteiger partial charge on any atom is -0.314 e. The number of nitrogens with one attached hydrogen (secondary N) is 1. The quantitative estimate of drug-likeness (QED) is 0.707. The van der Waals surface area contributed by atoms with E-state index in [0.29, 0.717) is 11.5 Å². The molecule has 0 amide bonds. The Hall–Kier alpha value is -0.130. The van der Waals surface area contributed by atoms with Crippen LogP contribution in [0.25, 0.3) is 0 Å². The average Bonchev–Trinajstić information content (AvgIpc) is 3.02. The van der Waals surface area contributed by atoms with Crippen LogP contribution in [0.1, 0.15) is 25.7 Å². The summed E-state index contributed by atoms with van der Waals surface area (Å²) in [5.74, 6) is 0.729. The van der Waals surface area contributed by atoms with Gasteiger partial charge < -0.3 is 10.2 Å². The summed E-state index contributed by atoms with van der Waals surface area (Å²) in [6.07, 6.45) is 4.61. The summed E-state index contributed by atoms with van der Waals surface area (Å²) in [7, 11) is -2.74. The number of sulfone groups is 1. The molecule has 1 heterocycles. The number of hydrogen-bond acceptors (Lipinski definition) is 4. The Kier molecular flexibility index (Phi) is 4.21. The van der Waals surface area contributed by atoms with Gasteiger partial charge in [0, 0.05) is 12.6 Å². The van der Waals surface area contributed by atoms with Gasteiger partial charge in [-0.3, -0.25) is 0 Å². The Balaban J connectivity index is 1.61. The third kappa shape index (κ3) is 4.39. The molecule has 1 N–H and O–H groups in total. The molecule has 0 aromatic carbocycles. The van der Waals surface area contributed by atoms with Gasteiger partial charge in [0.2, 0.25) is 0 Å². The highest BCUT2D eigenvalue weighted by Crippen LogP contribution is 2.18. The van der Waals surface area contributed by atoms with E-state index in [1.54, 1.807) is 0 Å². The largest absolute Gasteiger partial charge is 0.314 e. The fraction of sp³-hybridized carbons (Fsp3) is 1.00. The van der Waals surface area contributed by atoms with Crippen LogP contribution in [0.15, 0.2) is 0 Å². The molecule has 2 aliphatic rings. The first kappa shape index (κ1) is 12.3. The highest BCUT2D eigenvalue weighted by atomic mass is 32.2. The van der Waals surface area contributed by atoms with Crippen LogP contribution in [0.5, 0.6) is 0 Å². The molecule has 1 aliphatic carbocycles. The zero-order valence-corrected chi connectivity index (χ0v) is 10.6. The zero-order chi connectivity index (χ0) is 11.4. The van der Waals surface area contributed by atoms with Crippen molar-refractivity contribution in [3.05, 3.63) is 0 Å². The standard InChI is InChI=1S/C11H22N2O2S/c14-16(15)9-2-7-13(8-10-16)6-1-5-12-11-3-4-11/h11-12H,1-10H2. The summed E-state index contributed by atoms with van der Waals surface area (Å²) in [5.41, 5.74) is 0. The number of rotatable bonds is 5. The minimum atomic E-state index is -2.74. The van der Waals surface area contributed by atoms with Crippen molar-refractivity contribution in [2.24, 2.45) is 0 Å². The van der Waals surface area contributed by atoms with Crippen molar-refractivity contribution < 1.29 is 8.42 Å². The third-order valence-electron chi connectivity index (χ3n) is 3.31. The van der Waals surface area contributed by atoms with Gasteiger partial charge >= 0.3 is 0 Å². The molecule has 2 fully saturated rings. The maximum absolute atomic E-state index is 11.4. The van der Waals surface area contributed by atoms with Crippen molar-refractivity contribution in [3.63, 3.8) is 0 Å². The third-order valence-corrected chi connectivity index (χ3v) is 5.02. The van der Waals surface area contributed by atoms with Gasteiger partial charge in [-0.2, -0.15) is 0 Å². The molecule has 94 valence electrons. The molecule has 0 spiro atoms. The van der Waals surface area contributed by atoms with Crippen LogP contribution < -0.4 is 5.32 Å². The monoisotopic (exact) mass is 246 g/mol. The first-order valence-corrected chi connectivity index (χ1v) is 8.14. The molecule has 4 nitrogen and oxygen atoms in total. The smallest absolute Gasteiger partial charge is 0.151 e. The van der Waals surface area contributed by atoms with Crippen LogP contribution in [0.2, 0.25) is 0 Å². The van der Waals surface area contributed by atoms with Crippen LogP contribution in [-0.2, 0) is 9.84 Å². The van der Waals surface area contributed by atoms with E-state index in [2.05, 4.69) is 10.2 Å². The van der Waals surface area contributed by atoms with Crippen molar-refractivity contribution in [2.45, 2.75) is 31.7 Å². The lowest BCUT2D eigenvalue weighted by atomic mass is 10.3. The van der Waals surface area contributed by atoms with E-state index in [-0.39, 0.29) is 0 Å². The second-order valence-electron chi connectivity index (χ2n) is 4.93. The molecule has 0 aromatic rings. The molecule has 1 saturated carbocycles. The molecule has 1 aliphatic heterocycles. The summed E-state index contributed by atoms with van der Waals surface area (Å²) in [4.78, 5) is 2.29. The first-order valence-electron chi connectivity index (χ1n) is 6.32. The zero-order valence-electron chi connectivity index (χ0n) is 9.82. The van der Waals surface area contributed by atoms with E-state index in [4.69, 9.17) is 0 Å². The van der Waals surface area contributed by atoms with Gasteiger partial charge in [-0.25, -0.2) is 8.42 Å². The Labute approximate surface area is 98.3 Å². The molecule has 0 atom stereocenters. The van der Waals surface area contributed by atoms with E-state index in [0.717, 1.165) is 45.1 Å². The van der Waals surface area contributed by atoms with E-state index >= 15 is 0 Å². The van der Waals surface area contributed by atoms with Crippen LogP contribution in [0.4, 0.5) is 0 Å². The van der Waals surface area contributed by atoms with Gasteiger partial charge in [-0.05, 0) is 45.3 Å². The van der Waals surface area contributed by atoms with Crippen molar-refractivity contribution in [2.75, 3.05) is 37.7 Å². The summed E-state index contributed by atoms with van der Waals surface area (Å²) >= 11 is 0. The number of hydrogen-bond donors (Lipinski definition) is 1. The lowest BCUT2D eigenvalue weighted by Gasteiger charge is -2.18. The molecule has 1 saturated heterocycles. The Morgan fingerprint density at radius 2 is 2.00 bits per heavy atom. The topological polar surface area (TPSA) is 49.4 Å². The van der Waals surface area contributed by atoms with E-state index in [1.807, 2.05) is 0 Å². The molecule has 0 unspecified atom stereocenters. The number of nitrogens with zero attached hydrogens (tertiary/aromatic N) is 1. The molecule has 16 heavy (non-hydrogen) atoms. The second-order valence-corrected chi connectivity index (χ2v) is 7.23. The molecule has 2 rings (SSSR count). The van der Waals surface area contributed by atoms with Gasteiger partial charge in [0.15, 0.2) is 9.84 Å². The fourth-order valence-electron chi connectivity index (χ4n) is 2.11. The molecule has 0 aromatic heterocycles. The second kappa shape index (κ2) is 5.47. The predicted molar refractivity (Wildman–Crippen MR) is 65.4 cm³/mol. The highest BCUT2D eigenvalue weighted by Gasteiger charge is 2.20. The highest BCUT2D eigenvalue weighted by molar-refractivity contribution is 7.91. The lowest BCUT2D eigenvalue weighted by molar-refractivity contribution is 0.290. The minimum absolute atomic E-state index is 0.350.